The molecule has 3 aromatic rings. The van der Waals surface area contributed by atoms with Crippen molar-refractivity contribution in [2.24, 2.45) is 10.1 Å². The zero-order valence-corrected chi connectivity index (χ0v) is 16.6. The van der Waals surface area contributed by atoms with Gasteiger partial charge in [0.2, 0.25) is 0 Å². The van der Waals surface area contributed by atoms with Gasteiger partial charge in [-0.2, -0.15) is 0 Å². The second kappa shape index (κ2) is 9.27. The van der Waals surface area contributed by atoms with Gasteiger partial charge in [0.1, 0.15) is 0 Å². The number of aryl methyl sites for hydroxylation is 1. The number of hydrogen-bond acceptors (Lipinski definition) is 2. The van der Waals surface area contributed by atoms with Crippen LogP contribution in [0.15, 0.2) is 76.8 Å². The Kier molecular flexibility index (Phi) is 6.54. The lowest BCUT2D eigenvalue weighted by Gasteiger charge is -2.07. The molecule has 0 unspecified atom stereocenters. The molecule has 0 amide bonds. The molecule has 0 atom stereocenters. The van der Waals surface area contributed by atoms with Gasteiger partial charge in [0.15, 0.2) is 0 Å². The molecule has 0 fully saturated rings. The maximum atomic E-state index is 8.63. The van der Waals surface area contributed by atoms with Crippen LogP contribution in [0.1, 0.15) is 22.3 Å². The summed E-state index contributed by atoms with van der Waals surface area (Å²) < 4.78 is 0. The van der Waals surface area contributed by atoms with E-state index in [1.54, 1.807) is 0 Å². The predicted molar refractivity (Wildman–Crippen MR) is 117 cm³/mol. The third-order valence-electron chi connectivity index (χ3n) is 4.17. The summed E-state index contributed by atoms with van der Waals surface area (Å²) in [5, 5.41) is 4.98. The SMILES string of the molecule is Cc1cccc(CN=[N+]=[N-])c1N=C=C(c1ccc(Cl)cc1)c1ccc(Cl)cc1. The van der Waals surface area contributed by atoms with E-state index < -0.39 is 0 Å². The lowest BCUT2D eigenvalue weighted by molar-refractivity contribution is 1.04. The molecule has 0 aliphatic heterocycles. The molecule has 4 nitrogen and oxygen atoms in total. The maximum absolute atomic E-state index is 8.63. The predicted octanol–water partition coefficient (Wildman–Crippen LogP) is 7.55. The molecular weight excluding hydrogens is 391 g/mol. The molecule has 0 spiro atoms. The molecule has 0 heterocycles. The van der Waals surface area contributed by atoms with Gasteiger partial charge in [-0.15, -0.1) is 0 Å². The first kappa shape index (κ1) is 19.8. The maximum Gasteiger partial charge on any atom is 0.0792 e. The first-order valence-electron chi connectivity index (χ1n) is 8.53. The zero-order valence-electron chi connectivity index (χ0n) is 15.1. The Bertz CT molecular complexity index is 1040. The number of benzene rings is 3. The quantitative estimate of drug-likeness (QED) is 0.181. The first-order valence-corrected chi connectivity index (χ1v) is 9.29. The lowest BCUT2D eigenvalue weighted by atomic mass is 9.99. The van der Waals surface area contributed by atoms with E-state index in [9.17, 15) is 0 Å². The van der Waals surface area contributed by atoms with Gasteiger partial charge in [-0.25, -0.2) is 4.99 Å². The van der Waals surface area contributed by atoms with Crippen molar-refractivity contribution in [2.45, 2.75) is 13.5 Å². The fourth-order valence-electron chi connectivity index (χ4n) is 2.76. The average molecular weight is 407 g/mol. The average Bonchev–Trinajstić information content (AvgIpc) is 2.70. The lowest BCUT2D eigenvalue weighted by Crippen LogP contribution is -1.90. The van der Waals surface area contributed by atoms with E-state index in [-0.39, 0.29) is 6.54 Å². The molecule has 138 valence electrons. The standard InChI is InChI=1S/C22H16Cl2N4/c1-15-3-2-4-18(13-27-28-25)22(15)26-14-21(16-5-9-19(23)10-6-16)17-7-11-20(24)12-8-17/h2-12H,13H2,1H3. The van der Waals surface area contributed by atoms with E-state index in [4.69, 9.17) is 28.7 Å². The summed E-state index contributed by atoms with van der Waals surface area (Å²) in [7, 11) is 0. The van der Waals surface area contributed by atoms with Crippen LogP contribution in [0.4, 0.5) is 5.69 Å². The minimum Gasteiger partial charge on any atom is -0.205 e. The Morgan fingerprint density at radius 2 is 1.50 bits per heavy atom. The van der Waals surface area contributed by atoms with Crippen molar-refractivity contribution in [3.63, 3.8) is 0 Å². The van der Waals surface area contributed by atoms with Crippen LogP contribution < -0.4 is 0 Å². The van der Waals surface area contributed by atoms with Crippen molar-refractivity contribution in [3.05, 3.63) is 109 Å². The number of para-hydroxylation sites is 1. The van der Waals surface area contributed by atoms with E-state index in [0.717, 1.165) is 33.5 Å². The molecule has 0 saturated heterocycles. The molecule has 3 aromatic carbocycles. The molecule has 3 rings (SSSR count). The third-order valence-corrected chi connectivity index (χ3v) is 4.67. The van der Waals surface area contributed by atoms with Crippen molar-refractivity contribution in [2.75, 3.05) is 0 Å². The number of rotatable bonds is 5. The summed E-state index contributed by atoms with van der Waals surface area (Å²) >= 11 is 12.1. The van der Waals surface area contributed by atoms with Crippen molar-refractivity contribution in [3.8, 4) is 0 Å². The van der Waals surface area contributed by atoms with Crippen molar-refractivity contribution in [1.82, 2.24) is 0 Å². The second-order valence-corrected chi connectivity index (χ2v) is 6.96. The minimum absolute atomic E-state index is 0.232. The molecule has 0 aliphatic carbocycles. The minimum atomic E-state index is 0.232. The monoisotopic (exact) mass is 406 g/mol. The van der Waals surface area contributed by atoms with Gasteiger partial charge in [0.05, 0.1) is 17.8 Å². The second-order valence-electron chi connectivity index (χ2n) is 6.08. The highest BCUT2D eigenvalue weighted by Gasteiger charge is 2.07. The van der Waals surface area contributed by atoms with Crippen LogP contribution in [0.3, 0.4) is 0 Å². The number of azide groups is 1. The van der Waals surface area contributed by atoms with E-state index in [2.05, 4.69) is 20.9 Å². The molecule has 0 bridgehead atoms. The Labute approximate surface area is 173 Å². The largest absolute Gasteiger partial charge is 0.205 e. The molecule has 0 N–H and O–H groups in total. The van der Waals surface area contributed by atoms with Crippen LogP contribution in [0, 0.1) is 6.92 Å². The number of hydrogen-bond donors (Lipinski definition) is 0. The smallest absolute Gasteiger partial charge is 0.0792 e. The van der Waals surface area contributed by atoms with Crippen LogP contribution in [-0.4, -0.2) is 5.87 Å². The molecule has 0 saturated carbocycles. The Balaban J connectivity index is 2.18. The topological polar surface area (TPSA) is 61.1 Å². The molecule has 0 aliphatic rings. The molecular formula is C22H16Cl2N4. The molecule has 0 radical (unpaired) electrons. The highest BCUT2D eigenvalue weighted by molar-refractivity contribution is 6.31. The molecule has 6 heteroatoms. The first-order chi connectivity index (χ1) is 13.6. The summed E-state index contributed by atoms with van der Waals surface area (Å²) in [6.07, 6.45) is 0. The van der Waals surface area contributed by atoms with E-state index in [1.807, 2.05) is 73.7 Å². The van der Waals surface area contributed by atoms with Gasteiger partial charge in [-0.3, -0.25) is 0 Å². The summed E-state index contributed by atoms with van der Waals surface area (Å²) in [5.41, 5.74) is 13.9. The molecule has 0 aromatic heterocycles. The fourth-order valence-corrected chi connectivity index (χ4v) is 3.01. The van der Waals surface area contributed by atoms with Gasteiger partial charge >= 0.3 is 0 Å². The van der Waals surface area contributed by atoms with Crippen LogP contribution >= 0.6 is 23.2 Å². The van der Waals surface area contributed by atoms with Crippen LogP contribution in [0.25, 0.3) is 16.0 Å². The highest BCUT2D eigenvalue weighted by Crippen LogP contribution is 2.27. The van der Waals surface area contributed by atoms with Crippen LogP contribution in [-0.2, 0) is 6.54 Å². The van der Waals surface area contributed by atoms with E-state index in [0.29, 0.717) is 10.0 Å². The van der Waals surface area contributed by atoms with Gasteiger partial charge < -0.3 is 0 Å². The van der Waals surface area contributed by atoms with Crippen molar-refractivity contribution < 1.29 is 0 Å². The highest BCUT2D eigenvalue weighted by atomic mass is 35.5. The summed E-state index contributed by atoms with van der Waals surface area (Å²) in [5.74, 6) is 3.19. The van der Waals surface area contributed by atoms with Crippen molar-refractivity contribution in [1.29, 1.82) is 0 Å². The van der Waals surface area contributed by atoms with Gasteiger partial charge in [0, 0.05) is 15.0 Å². The Hall–Kier alpha value is -3.00. The van der Waals surface area contributed by atoms with E-state index in [1.165, 1.54) is 0 Å². The van der Waals surface area contributed by atoms with Gasteiger partial charge in [-0.05, 0) is 64.8 Å². The van der Waals surface area contributed by atoms with E-state index >= 15 is 0 Å². The normalized spacial score (nSPS) is 9.96. The van der Waals surface area contributed by atoms with Crippen LogP contribution in [0.2, 0.25) is 10.0 Å². The van der Waals surface area contributed by atoms with Crippen molar-refractivity contribution >= 4 is 40.3 Å². The Morgan fingerprint density at radius 3 is 2.04 bits per heavy atom. The third kappa shape index (κ3) is 4.83. The zero-order chi connectivity index (χ0) is 19.9. The van der Waals surface area contributed by atoms with Gasteiger partial charge in [-0.1, -0.05) is 70.8 Å². The molecule has 28 heavy (non-hydrogen) atoms. The summed E-state index contributed by atoms with van der Waals surface area (Å²) in [6, 6.07) is 20.8. The fraction of sp³-hybridized carbons (Fsp3) is 0.0909. The number of aliphatic imine (C=N–C) groups is 1. The number of halogens is 2. The number of nitrogens with zero attached hydrogens (tertiary/aromatic N) is 4. The van der Waals surface area contributed by atoms with Gasteiger partial charge in [0.25, 0.3) is 0 Å². The summed E-state index contributed by atoms with van der Waals surface area (Å²) in [4.78, 5) is 7.46. The summed E-state index contributed by atoms with van der Waals surface area (Å²) in [6.45, 7) is 2.19. The van der Waals surface area contributed by atoms with Crippen LogP contribution in [0.5, 0.6) is 0 Å². The Morgan fingerprint density at radius 1 is 0.929 bits per heavy atom.